The smallest absolute Gasteiger partial charge is 1.00 e. The normalized spacial score (nSPS) is 12.1. The van der Waals surface area contributed by atoms with Crippen molar-refractivity contribution in [2.75, 3.05) is 0 Å². The van der Waals surface area contributed by atoms with Gasteiger partial charge < -0.3 is 14.5 Å². The van der Waals surface area contributed by atoms with Gasteiger partial charge in [0, 0.05) is 22.2 Å². The molecule has 0 aliphatic heterocycles. The Balaban J connectivity index is -0.00000253. The number of hydrogen-bond donors (Lipinski definition) is 5. The molecule has 0 bridgehead atoms. The minimum atomic E-state index is -5.05. The van der Waals surface area contributed by atoms with Crippen LogP contribution in [0.4, 0.5) is 11.4 Å². The summed E-state index contributed by atoms with van der Waals surface area (Å²) in [4.78, 5) is -2.28. The van der Waals surface area contributed by atoms with Crippen molar-refractivity contribution in [3.8, 4) is 11.5 Å². The van der Waals surface area contributed by atoms with E-state index in [-0.39, 0.29) is 120 Å². The Bertz CT molecular complexity index is 1960. The van der Waals surface area contributed by atoms with Crippen LogP contribution in [0.1, 0.15) is 4.28 Å². The third-order valence-corrected chi connectivity index (χ3v) is 7.69. The van der Waals surface area contributed by atoms with Crippen LogP contribution >= 0.6 is 0 Å². The molecule has 0 heterocycles. The van der Waals surface area contributed by atoms with Crippen molar-refractivity contribution >= 4 is 63.3 Å². The molecule has 19 heteroatoms. The number of hydrogen-bond acceptors (Lipinski definition) is 10. The summed E-state index contributed by atoms with van der Waals surface area (Å²) in [6.07, 6.45) is 0. The van der Waals surface area contributed by atoms with Crippen LogP contribution in [-0.2, 0) is 30.4 Å². The molecule has 4 aromatic rings. The summed E-state index contributed by atoms with van der Waals surface area (Å²) in [5.41, 5.74) is -0.887. The topological polar surface area (TPSA) is 228 Å². The summed E-state index contributed by atoms with van der Waals surface area (Å²) >= 11 is 0. The van der Waals surface area contributed by atoms with Crippen LogP contribution < -0.4 is 88.7 Å². The van der Waals surface area contributed by atoms with Crippen LogP contribution in [-0.4, -0.2) is 49.1 Å². The minimum absolute atomic E-state index is 0. The molecule has 0 saturated carbocycles. The maximum atomic E-state index is 11.8. The molecular formula is C20H17N2Na3O11S3. The van der Waals surface area contributed by atoms with Gasteiger partial charge in [0.25, 0.3) is 30.4 Å². The van der Waals surface area contributed by atoms with Crippen molar-refractivity contribution in [2.24, 2.45) is 10.2 Å². The van der Waals surface area contributed by atoms with Gasteiger partial charge in [-0.05, 0) is 23.6 Å². The van der Waals surface area contributed by atoms with Crippen molar-refractivity contribution in [2.45, 2.75) is 14.7 Å². The zero-order chi connectivity index (χ0) is 26.6. The second-order valence-corrected chi connectivity index (χ2v) is 11.6. The molecule has 4 rings (SSSR count). The van der Waals surface area contributed by atoms with Gasteiger partial charge in [-0.2, -0.15) is 25.3 Å². The minimum Gasteiger partial charge on any atom is -1.00 e. The number of nitrogens with zero attached hydrogens (tertiary/aromatic N) is 2. The number of rotatable bonds is 5. The Kier molecular flexibility index (Phi) is 12.2. The maximum absolute atomic E-state index is 11.8. The maximum Gasteiger partial charge on any atom is 1.00 e. The monoisotopic (exact) mass is 626 g/mol. The van der Waals surface area contributed by atoms with Crippen LogP contribution in [0, 0.1) is 0 Å². The summed E-state index contributed by atoms with van der Waals surface area (Å²) in [7, 11) is -14.5. The fraction of sp³-hybridized carbons (Fsp3) is 0. The zero-order valence-electron chi connectivity index (χ0n) is 23.5. The van der Waals surface area contributed by atoms with Gasteiger partial charge in [-0.25, -0.2) is 0 Å². The molecule has 4 aromatic carbocycles. The van der Waals surface area contributed by atoms with Crippen molar-refractivity contribution < 1.29 is 142 Å². The summed E-state index contributed by atoms with van der Waals surface area (Å²) in [5, 5.41) is 28.3. The molecular weight excluding hydrogens is 609 g/mol. The van der Waals surface area contributed by atoms with Gasteiger partial charge in [-0.1, -0.05) is 30.3 Å². The number of phenolic OH excluding ortho intramolecular Hbond substituents is 2. The Morgan fingerprint density at radius 3 is 1.67 bits per heavy atom. The van der Waals surface area contributed by atoms with E-state index in [1.165, 1.54) is 24.3 Å². The largest absolute Gasteiger partial charge is 1.00 e. The van der Waals surface area contributed by atoms with Gasteiger partial charge in [0.15, 0.2) is 5.75 Å². The van der Waals surface area contributed by atoms with Crippen LogP contribution in [0.15, 0.2) is 79.5 Å². The standard InChI is InChI=1S/C20H14N2O11S3.3Na.3H/c23-15-9-16(35(28,29)30)13-3-1-2-4-14(13)18(15)21-22-19-12-6-5-11(34(25,26)27)7-10(12)8-17(20(19)24)36(31,32)33;;;;;;/h1-9,23-24H,(H,25,26,27)(H,28,29,30)(H,31,32,33);;;;;;/q;3*+1;3*-1. The molecule has 5 N–H and O–H groups in total. The number of aromatic hydroxyl groups is 2. The van der Waals surface area contributed by atoms with E-state index in [9.17, 15) is 49.1 Å². The molecule has 0 amide bonds. The molecule has 0 unspecified atom stereocenters. The van der Waals surface area contributed by atoms with Crippen LogP contribution in [0.25, 0.3) is 21.5 Å². The molecule has 0 aromatic heterocycles. The Labute approximate surface area is 292 Å². The fourth-order valence-corrected chi connectivity index (χ4v) is 5.37. The SMILES string of the molecule is O=S(=O)(O)c1ccc2c(N=Nc3c(O)cc(S(=O)(=O)O)c4ccccc34)c(O)c(S(=O)(=O)O)cc2c1.[H-].[H-].[H-].[Na+].[Na+].[Na+]. The predicted octanol–water partition coefficient (Wildman–Crippen LogP) is -5.09. The van der Waals surface area contributed by atoms with Gasteiger partial charge >= 0.3 is 88.7 Å². The third kappa shape index (κ3) is 7.59. The first-order valence-electron chi connectivity index (χ1n) is 9.47. The molecule has 0 spiro atoms. The van der Waals surface area contributed by atoms with Gasteiger partial charge in [0.05, 0.1) is 4.90 Å². The second kappa shape index (κ2) is 13.1. The average molecular weight is 627 g/mol. The van der Waals surface area contributed by atoms with Gasteiger partial charge in [-0.3, -0.25) is 13.7 Å². The molecule has 194 valence electrons. The molecule has 0 saturated heterocycles. The Morgan fingerprint density at radius 1 is 0.590 bits per heavy atom. The summed E-state index contributed by atoms with van der Waals surface area (Å²) in [6.45, 7) is 0. The first-order chi connectivity index (χ1) is 16.6. The van der Waals surface area contributed by atoms with Crippen LogP contribution in [0.2, 0.25) is 0 Å². The third-order valence-electron chi connectivity index (χ3n) is 5.08. The number of azo groups is 1. The molecule has 0 radical (unpaired) electrons. The average Bonchev–Trinajstić information content (AvgIpc) is 2.76. The van der Waals surface area contributed by atoms with Gasteiger partial charge in [0.1, 0.15) is 26.9 Å². The van der Waals surface area contributed by atoms with E-state index in [1.807, 2.05) is 0 Å². The Morgan fingerprint density at radius 2 is 1.13 bits per heavy atom. The number of phenols is 2. The molecule has 39 heavy (non-hydrogen) atoms. The van der Waals surface area contributed by atoms with Gasteiger partial charge in [0.2, 0.25) is 0 Å². The fourth-order valence-electron chi connectivity index (χ4n) is 3.52. The zero-order valence-corrected chi connectivity index (χ0v) is 29.0. The van der Waals surface area contributed by atoms with Crippen molar-refractivity contribution in [1.82, 2.24) is 0 Å². The first-order valence-corrected chi connectivity index (χ1v) is 13.8. The summed E-state index contributed by atoms with van der Waals surface area (Å²) in [6, 6.07) is 9.96. The summed E-state index contributed by atoms with van der Waals surface area (Å²) < 4.78 is 98.3. The van der Waals surface area contributed by atoms with E-state index in [0.29, 0.717) is 0 Å². The van der Waals surface area contributed by atoms with E-state index in [4.69, 9.17) is 0 Å². The number of fused-ring (bicyclic) bond motifs is 2. The second-order valence-electron chi connectivity index (χ2n) is 7.37. The quantitative estimate of drug-likeness (QED) is 0.0800. The van der Waals surface area contributed by atoms with Gasteiger partial charge in [-0.15, -0.1) is 10.2 Å². The van der Waals surface area contributed by atoms with Crippen molar-refractivity contribution in [1.29, 1.82) is 0 Å². The predicted molar refractivity (Wildman–Crippen MR) is 128 cm³/mol. The van der Waals surface area contributed by atoms with E-state index in [2.05, 4.69) is 10.2 Å². The molecule has 0 atom stereocenters. The molecule has 0 aliphatic carbocycles. The first kappa shape index (κ1) is 36.4. The van der Waals surface area contributed by atoms with E-state index >= 15 is 0 Å². The number of benzene rings is 4. The van der Waals surface area contributed by atoms with Crippen molar-refractivity contribution in [3.05, 3.63) is 54.6 Å². The summed E-state index contributed by atoms with van der Waals surface area (Å²) in [5.74, 6) is -1.81. The van der Waals surface area contributed by atoms with E-state index < -0.39 is 62.2 Å². The van der Waals surface area contributed by atoms with Crippen molar-refractivity contribution in [3.63, 3.8) is 0 Å². The molecule has 0 fully saturated rings. The molecule has 13 nitrogen and oxygen atoms in total. The van der Waals surface area contributed by atoms with Crippen LogP contribution in [0.3, 0.4) is 0 Å². The van der Waals surface area contributed by atoms with E-state index in [1.54, 1.807) is 0 Å². The Hall–Kier alpha value is -0.670. The molecule has 0 aliphatic rings. The van der Waals surface area contributed by atoms with E-state index in [0.717, 1.165) is 30.3 Å². The van der Waals surface area contributed by atoms with Crippen LogP contribution in [0.5, 0.6) is 11.5 Å².